The number of likely N-dealkylation sites (tertiary alicyclic amines) is 1. The Hall–Kier alpha value is -3.34. The first-order valence-corrected chi connectivity index (χ1v) is 10.8. The van der Waals surface area contributed by atoms with Crippen molar-refractivity contribution in [3.8, 4) is 11.5 Å². The number of fused-ring (bicyclic) bond motifs is 2. The SMILES string of the molecule is O=C1COc2ccc(C(=O)N3CCC(COc4cccc5ccccc45)CC3)cc2C1. The van der Waals surface area contributed by atoms with Crippen LogP contribution in [0, 0.1) is 5.92 Å². The highest BCUT2D eigenvalue weighted by Crippen LogP contribution is 2.28. The van der Waals surface area contributed by atoms with Gasteiger partial charge in [0.25, 0.3) is 5.91 Å². The van der Waals surface area contributed by atoms with Gasteiger partial charge in [-0.1, -0.05) is 36.4 Å². The summed E-state index contributed by atoms with van der Waals surface area (Å²) < 4.78 is 11.6. The number of ketones is 1. The predicted molar refractivity (Wildman–Crippen MR) is 119 cm³/mol. The van der Waals surface area contributed by atoms with Crippen LogP contribution in [-0.4, -0.2) is 42.9 Å². The zero-order valence-corrected chi connectivity index (χ0v) is 17.4. The van der Waals surface area contributed by atoms with Gasteiger partial charge < -0.3 is 14.4 Å². The van der Waals surface area contributed by atoms with Gasteiger partial charge in [0.2, 0.25) is 0 Å². The lowest BCUT2D eigenvalue weighted by molar-refractivity contribution is -0.121. The molecule has 31 heavy (non-hydrogen) atoms. The Balaban J connectivity index is 1.18. The van der Waals surface area contributed by atoms with Crippen molar-refractivity contribution in [2.75, 3.05) is 26.3 Å². The molecule has 5 heteroatoms. The third kappa shape index (κ3) is 4.13. The van der Waals surface area contributed by atoms with Crippen LogP contribution in [-0.2, 0) is 11.2 Å². The summed E-state index contributed by atoms with van der Waals surface area (Å²) in [5, 5.41) is 2.31. The minimum Gasteiger partial charge on any atom is -0.493 e. The molecule has 0 saturated carbocycles. The van der Waals surface area contributed by atoms with Gasteiger partial charge in [0.15, 0.2) is 5.78 Å². The van der Waals surface area contributed by atoms with E-state index < -0.39 is 0 Å². The van der Waals surface area contributed by atoms with Crippen molar-refractivity contribution in [1.82, 2.24) is 4.90 Å². The fraction of sp³-hybridized carbons (Fsp3) is 0.308. The molecule has 0 atom stereocenters. The van der Waals surface area contributed by atoms with Gasteiger partial charge in [-0.2, -0.15) is 0 Å². The summed E-state index contributed by atoms with van der Waals surface area (Å²) in [6, 6.07) is 19.8. The number of amides is 1. The van der Waals surface area contributed by atoms with Crippen LogP contribution in [0.1, 0.15) is 28.8 Å². The molecule has 1 saturated heterocycles. The third-order valence-corrected chi connectivity index (χ3v) is 6.21. The van der Waals surface area contributed by atoms with Crippen LogP contribution >= 0.6 is 0 Å². The molecule has 3 aromatic rings. The maximum atomic E-state index is 13.0. The largest absolute Gasteiger partial charge is 0.493 e. The number of carbonyl (C=O) groups is 2. The highest BCUT2D eigenvalue weighted by atomic mass is 16.5. The van der Waals surface area contributed by atoms with Crippen LogP contribution in [0.25, 0.3) is 10.8 Å². The van der Waals surface area contributed by atoms with E-state index in [1.807, 2.05) is 35.2 Å². The van der Waals surface area contributed by atoms with Crippen LogP contribution in [0.3, 0.4) is 0 Å². The first-order chi connectivity index (χ1) is 15.2. The molecule has 2 aliphatic rings. The minimum atomic E-state index is 0.0224. The highest BCUT2D eigenvalue weighted by molar-refractivity contribution is 5.95. The van der Waals surface area contributed by atoms with Gasteiger partial charge in [-0.05, 0) is 48.4 Å². The molecule has 1 fully saturated rings. The van der Waals surface area contributed by atoms with Gasteiger partial charge in [0.05, 0.1) is 6.61 Å². The fourth-order valence-corrected chi connectivity index (χ4v) is 4.43. The van der Waals surface area contributed by atoms with Crippen LogP contribution in [0.15, 0.2) is 60.7 Å². The quantitative estimate of drug-likeness (QED) is 0.638. The summed E-state index contributed by atoms with van der Waals surface area (Å²) in [7, 11) is 0. The van der Waals surface area contributed by atoms with Gasteiger partial charge in [-0.25, -0.2) is 0 Å². The number of benzene rings is 3. The van der Waals surface area contributed by atoms with Crippen molar-refractivity contribution < 1.29 is 19.1 Å². The molecule has 3 aromatic carbocycles. The topological polar surface area (TPSA) is 55.8 Å². The van der Waals surface area contributed by atoms with Crippen molar-refractivity contribution in [3.05, 3.63) is 71.8 Å². The Morgan fingerprint density at radius 3 is 2.71 bits per heavy atom. The van der Waals surface area contributed by atoms with Gasteiger partial charge in [-0.3, -0.25) is 9.59 Å². The van der Waals surface area contributed by atoms with E-state index >= 15 is 0 Å². The summed E-state index contributed by atoms with van der Waals surface area (Å²) in [5.74, 6) is 2.12. The molecule has 0 bridgehead atoms. The maximum Gasteiger partial charge on any atom is 0.253 e. The molecule has 2 heterocycles. The highest BCUT2D eigenvalue weighted by Gasteiger charge is 2.26. The van der Waals surface area contributed by atoms with Gasteiger partial charge >= 0.3 is 0 Å². The first-order valence-electron chi connectivity index (χ1n) is 10.8. The number of carbonyl (C=O) groups excluding carboxylic acids is 2. The smallest absolute Gasteiger partial charge is 0.253 e. The van der Waals surface area contributed by atoms with Crippen molar-refractivity contribution in [3.63, 3.8) is 0 Å². The minimum absolute atomic E-state index is 0.0224. The second kappa shape index (κ2) is 8.42. The van der Waals surface area contributed by atoms with E-state index in [4.69, 9.17) is 9.47 Å². The normalized spacial score (nSPS) is 16.6. The Morgan fingerprint density at radius 2 is 1.84 bits per heavy atom. The van der Waals surface area contributed by atoms with Crippen molar-refractivity contribution in [2.45, 2.75) is 19.3 Å². The molecule has 0 aromatic heterocycles. The second-order valence-corrected chi connectivity index (χ2v) is 8.35. The molecule has 0 radical (unpaired) electrons. The number of rotatable bonds is 4. The van der Waals surface area contributed by atoms with E-state index in [0.29, 0.717) is 30.3 Å². The number of piperidine rings is 1. The van der Waals surface area contributed by atoms with E-state index in [-0.39, 0.29) is 18.3 Å². The van der Waals surface area contributed by atoms with E-state index in [0.717, 1.165) is 42.6 Å². The summed E-state index contributed by atoms with van der Waals surface area (Å²) in [6.45, 7) is 2.22. The van der Waals surface area contributed by atoms with E-state index in [1.165, 1.54) is 5.39 Å². The Bertz CT molecular complexity index is 1130. The Labute approximate surface area is 181 Å². The summed E-state index contributed by atoms with van der Waals surface area (Å²) >= 11 is 0. The van der Waals surface area contributed by atoms with Gasteiger partial charge in [-0.15, -0.1) is 0 Å². The van der Waals surface area contributed by atoms with E-state index in [2.05, 4.69) is 18.2 Å². The fourth-order valence-electron chi connectivity index (χ4n) is 4.43. The molecule has 5 rings (SSSR count). The van der Waals surface area contributed by atoms with Crippen LogP contribution < -0.4 is 9.47 Å². The zero-order valence-electron chi connectivity index (χ0n) is 17.4. The number of Topliss-reactive ketones (excluding diaryl/α,β-unsaturated/α-hetero) is 1. The Kier molecular flexibility index (Phi) is 5.33. The summed E-state index contributed by atoms with van der Waals surface area (Å²) in [4.78, 5) is 26.5. The number of nitrogens with zero attached hydrogens (tertiary/aromatic N) is 1. The monoisotopic (exact) mass is 415 g/mol. The van der Waals surface area contributed by atoms with Crippen molar-refractivity contribution in [1.29, 1.82) is 0 Å². The molecule has 5 nitrogen and oxygen atoms in total. The van der Waals surface area contributed by atoms with Gasteiger partial charge in [0.1, 0.15) is 18.1 Å². The Morgan fingerprint density at radius 1 is 1.03 bits per heavy atom. The molecule has 0 unspecified atom stereocenters. The van der Waals surface area contributed by atoms with Crippen molar-refractivity contribution in [2.24, 2.45) is 5.92 Å². The lowest BCUT2D eigenvalue weighted by atomic mass is 9.96. The third-order valence-electron chi connectivity index (χ3n) is 6.21. The van der Waals surface area contributed by atoms with Gasteiger partial charge in [0, 0.05) is 36.0 Å². The molecule has 0 N–H and O–H groups in total. The molecular formula is C26H25NO4. The molecule has 158 valence electrons. The van der Waals surface area contributed by atoms with Crippen LogP contribution in [0.2, 0.25) is 0 Å². The van der Waals surface area contributed by atoms with E-state index in [9.17, 15) is 9.59 Å². The summed E-state index contributed by atoms with van der Waals surface area (Å²) in [6.07, 6.45) is 2.18. The molecular weight excluding hydrogens is 390 g/mol. The molecule has 2 aliphatic heterocycles. The number of ether oxygens (including phenoxy) is 2. The van der Waals surface area contributed by atoms with Crippen LogP contribution in [0.5, 0.6) is 11.5 Å². The maximum absolute atomic E-state index is 13.0. The number of hydrogen-bond acceptors (Lipinski definition) is 4. The lowest BCUT2D eigenvalue weighted by Crippen LogP contribution is -2.39. The zero-order chi connectivity index (χ0) is 21.2. The molecule has 0 spiro atoms. The molecule has 0 aliphatic carbocycles. The standard InChI is InChI=1S/C26H25NO4/c28-22-15-21-14-20(8-9-24(21)31-17-22)26(29)27-12-10-18(11-13-27)16-30-25-7-3-5-19-4-1-2-6-23(19)25/h1-9,14,18H,10-13,15-17H2. The van der Waals surface area contributed by atoms with E-state index in [1.54, 1.807) is 12.1 Å². The predicted octanol–water partition coefficient (Wildman–Crippen LogP) is 4.28. The first kappa shape index (κ1) is 19.6. The average molecular weight is 415 g/mol. The second-order valence-electron chi connectivity index (χ2n) is 8.35. The lowest BCUT2D eigenvalue weighted by Gasteiger charge is -2.32. The summed E-state index contributed by atoms with van der Waals surface area (Å²) in [5.41, 5.74) is 1.43. The van der Waals surface area contributed by atoms with Crippen LogP contribution in [0.4, 0.5) is 0 Å². The average Bonchev–Trinajstić information content (AvgIpc) is 2.82. The number of hydrogen-bond donors (Lipinski definition) is 0. The molecule has 1 amide bonds. The van der Waals surface area contributed by atoms with Crippen molar-refractivity contribution >= 4 is 22.5 Å².